The Bertz CT molecular complexity index is 341. The molecule has 1 rings (SSSR count). The fraction of sp³-hybridized carbons (Fsp3) is 0.444. The summed E-state index contributed by atoms with van der Waals surface area (Å²) in [5, 5.41) is 6.27. The normalized spacial score (nSPS) is 11.7. The minimum atomic E-state index is -4.38. The van der Waals surface area contributed by atoms with E-state index < -0.39 is 11.9 Å². The standard InChI is InChI=1S/C9H12F3N3/c1-7(5-13-2)6-15-4-3-8(14-15)9(10,11)12/h3-4,13H,1,5-6H2,2H3. The van der Waals surface area contributed by atoms with Crippen molar-refractivity contribution in [2.24, 2.45) is 0 Å². The maximum absolute atomic E-state index is 12.2. The Morgan fingerprint density at radius 1 is 1.60 bits per heavy atom. The van der Waals surface area contributed by atoms with Crippen molar-refractivity contribution in [3.05, 3.63) is 30.1 Å². The van der Waals surface area contributed by atoms with Crippen LogP contribution in [-0.2, 0) is 12.7 Å². The molecular formula is C9H12F3N3. The van der Waals surface area contributed by atoms with Gasteiger partial charge in [0.2, 0.25) is 0 Å². The van der Waals surface area contributed by atoms with Crippen LogP contribution in [0, 0.1) is 0 Å². The number of rotatable bonds is 4. The maximum atomic E-state index is 12.2. The summed E-state index contributed by atoms with van der Waals surface area (Å²) in [6.45, 7) is 4.55. The molecule has 15 heavy (non-hydrogen) atoms. The Hall–Kier alpha value is -1.30. The van der Waals surface area contributed by atoms with E-state index in [9.17, 15) is 13.2 Å². The second-order valence-electron chi connectivity index (χ2n) is 3.18. The van der Waals surface area contributed by atoms with E-state index in [1.54, 1.807) is 7.05 Å². The number of hydrogen-bond donors (Lipinski definition) is 1. The van der Waals surface area contributed by atoms with Gasteiger partial charge in [-0.3, -0.25) is 4.68 Å². The number of likely N-dealkylation sites (N-methyl/N-ethyl adjacent to an activating group) is 1. The number of hydrogen-bond acceptors (Lipinski definition) is 2. The fourth-order valence-electron chi connectivity index (χ4n) is 1.14. The molecule has 0 amide bonds. The van der Waals surface area contributed by atoms with E-state index in [4.69, 9.17) is 0 Å². The van der Waals surface area contributed by atoms with Crippen molar-refractivity contribution in [2.75, 3.05) is 13.6 Å². The van der Waals surface area contributed by atoms with E-state index in [0.29, 0.717) is 6.54 Å². The average molecular weight is 219 g/mol. The third-order valence-corrected chi connectivity index (χ3v) is 1.74. The smallest absolute Gasteiger partial charge is 0.316 e. The number of nitrogens with zero attached hydrogens (tertiary/aromatic N) is 2. The first-order valence-corrected chi connectivity index (χ1v) is 4.35. The van der Waals surface area contributed by atoms with Crippen LogP contribution in [0.3, 0.4) is 0 Å². The van der Waals surface area contributed by atoms with Crippen LogP contribution >= 0.6 is 0 Å². The van der Waals surface area contributed by atoms with Crippen LogP contribution in [0.5, 0.6) is 0 Å². The van der Waals surface area contributed by atoms with E-state index in [0.717, 1.165) is 11.6 Å². The third-order valence-electron chi connectivity index (χ3n) is 1.74. The van der Waals surface area contributed by atoms with Crippen LogP contribution in [-0.4, -0.2) is 23.4 Å². The minimum absolute atomic E-state index is 0.289. The zero-order valence-electron chi connectivity index (χ0n) is 8.30. The summed E-state index contributed by atoms with van der Waals surface area (Å²) < 4.78 is 37.8. The monoisotopic (exact) mass is 219 g/mol. The SMILES string of the molecule is C=C(CNC)Cn1ccc(C(F)(F)F)n1. The van der Waals surface area contributed by atoms with Crippen LogP contribution in [0.2, 0.25) is 0 Å². The fourth-order valence-corrected chi connectivity index (χ4v) is 1.14. The summed E-state index contributed by atoms with van der Waals surface area (Å²) in [6.07, 6.45) is -3.08. The highest BCUT2D eigenvalue weighted by Gasteiger charge is 2.33. The Labute approximate surface area is 85.6 Å². The van der Waals surface area contributed by atoms with Crippen molar-refractivity contribution in [2.45, 2.75) is 12.7 Å². The van der Waals surface area contributed by atoms with Crippen molar-refractivity contribution in [3.63, 3.8) is 0 Å². The topological polar surface area (TPSA) is 29.9 Å². The molecule has 0 aromatic carbocycles. The predicted molar refractivity (Wildman–Crippen MR) is 50.3 cm³/mol. The van der Waals surface area contributed by atoms with Crippen molar-refractivity contribution in [1.82, 2.24) is 15.1 Å². The predicted octanol–water partition coefficient (Wildman–Crippen LogP) is 1.68. The summed E-state index contributed by atoms with van der Waals surface area (Å²) >= 11 is 0. The lowest BCUT2D eigenvalue weighted by atomic mass is 10.3. The number of alkyl halides is 3. The molecule has 1 N–H and O–H groups in total. The van der Waals surface area contributed by atoms with Crippen LogP contribution in [0.25, 0.3) is 0 Å². The lowest BCUT2D eigenvalue weighted by Gasteiger charge is -2.05. The van der Waals surface area contributed by atoms with Crippen LogP contribution < -0.4 is 5.32 Å². The molecule has 3 nitrogen and oxygen atoms in total. The molecule has 0 aliphatic rings. The minimum Gasteiger partial charge on any atom is -0.316 e. The molecule has 0 aliphatic carbocycles. The number of aromatic nitrogens is 2. The highest BCUT2D eigenvalue weighted by Crippen LogP contribution is 2.27. The van der Waals surface area contributed by atoms with Gasteiger partial charge in [0.15, 0.2) is 5.69 Å². The van der Waals surface area contributed by atoms with Gasteiger partial charge in [-0.05, 0) is 18.7 Å². The van der Waals surface area contributed by atoms with Crippen LogP contribution in [0.4, 0.5) is 13.2 Å². The molecular weight excluding hydrogens is 207 g/mol. The van der Waals surface area contributed by atoms with Gasteiger partial charge in [-0.2, -0.15) is 18.3 Å². The van der Waals surface area contributed by atoms with Gasteiger partial charge in [-0.1, -0.05) is 6.58 Å². The molecule has 0 radical (unpaired) electrons. The molecule has 0 spiro atoms. The van der Waals surface area contributed by atoms with Gasteiger partial charge in [0.25, 0.3) is 0 Å². The number of halogens is 3. The Morgan fingerprint density at radius 3 is 2.73 bits per heavy atom. The molecule has 0 aliphatic heterocycles. The molecule has 0 fully saturated rings. The Balaban J connectivity index is 2.65. The lowest BCUT2D eigenvalue weighted by Crippen LogP contribution is -2.15. The summed E-state index contributed by atoms with van der Waals surface area (Å²) in [5.41, 5.74) is -0.103. The molecule has 1 aromatic heterocycles. The molecule has 6 heteroatoms. The van der Waals surface area contributed by atoms with Crippen molar-refractivity contribution < 1.29 is 13.2 Å². The van der Waals surface area contributed by atoms with Gasteiger partial charge in [0, 0.05) is 12.7 Å². The van der Waals surface area contributed by atoms with Gasteiger partial charge >= 0.3 is 6.18 Å². The Kier molecular flexibility index (Phi) is 3.52. The second-order valence-corrected chi connectivity index (χ2v) is 3.18. The summed E-state index contributed by atoms with van der Waals surface area (Å²) in [5.74, 6) is 0. The van der Waals surface area contributed by atoms with E-state index >= 15 is 0 Å². The zero-order valence-corrected chi connectivity index (χ0v) is 8.30. The molecule has 0 bridgehead atoms. The van der Waals surface area contributed by atoms with E-state index in [-0.39, 0.29) is 6.54 Å². The maximum Gasteiger partial charge on any atom is 0.435 e. The molecule has 0 atom stereocenters. The molecule has 0 saturated carbocycles. The highest BCUT2D eigenvalue weighted by atomic mass is 19.4. The summed E-state index contributed by atoms with van der Waals surface area (Å²) in [6, 6.07) is 0.951. The molecule has 1 aromatic rings. The first kappa shape index (κ1) is 11.8. The summed E-state index contributed by atoms with van der Waals surface area (Å²) in [4.78, 5) is 0. The van der Waals surface area contributed by atoms with Gasteiger partial charge in [-0.25, -0.2) is 0 Å². The van der Waals surface area contributed by atoms with Gasteiger partial charge < -0.3 is 5.32 Å². The quantitative estimate of drug-likeness (QED) is 0.781. The van der Waals surface area contributed by atoms with Gasteiger partial charge in [-0.15, -0.1) is 0 Å². The summed E-state index contributed by atoms with van der Waals surface area (Å²) in [7, 11) is 1.75. The zero-order chi connectivity index (χ0) is 11.5. The second kappa shape index (κ2) is 4.48. The Morgan fingerprint density at radius 2 is 2.27 bits per heavy atom. The van der Waals surface area contributed by atoms with Crippen molar-refractivity contribution in [1.29, 1.82) is 0 Å². The van der Waals surface area contributed by atoms with Crippen LogP contribution in [0.1, 0.15) is 5.69 Å². The lowest BCUT2D eigenvalue weighted by molar-refractivity contribution is -0.141. The molecule has 0 saturated heterocycles. The molecule has 1 heterocycles. The van der Waals surface area contributed by atoms with Crippen LogP contribution in [0.15, 0.2) is 24.4 Å². The molecule has 84 valence electrons. The van der Waals surface area contributed by atoms with Gasteiger partial charge in [0.1, 0.15) is 0 Å². The first-order valence-electron chi connectivity index (χ1n) is 4.35. The van der Waals surface area contributed by atoms with Crippen molar-refractivity contribution in [3.8, 4) is 0 Å². The first-order chi connectivity index (χ1) is 6.93. The highest BCUT2D eigenvalue weighted by molar-refractivity contribution is 5.05. The average Bonchev–Trinajstić information content (AvgIpc) is 2.52. The third kappa shape index (κ3) is 3.39. The van der Waals surface area contributed by atoms with E-state index in [2.05, 4.69) is 17.0 Å². The number of nitrogens with one attached hydrogen (secondary N) is 1. The largest absolute Gasteiger partial charge is 0.435 e. The van der Waals surface area contributed by atoms with Crippen molar-refractivity contribution >= 4 is 0 Å². The molecule has 0 unspecified atom stereocenters. The van der Waals surface area contributed by atoms with Gasteiger partial charge in [0.05, 0.1) is 6.54 Å². The van der Waals surface area contributed by atoms with E-state index in [1.165, 1.54) is 10.9 Å². The van der Waals surface area contributed by atoms with E-state index in [1.807, 2.05) is 0 Å².